The molecular formula is C17H30N4O7S2. The van der Waals surface area contributed by atoms with E-state index in [4.69, 9.17) is 15.9 Å². The average molecular weight is 467 g/mol. The van der Waals surface area contributed by atoms with Gasteiger partial charge in [-0.05, 0) is 43.3 Å². The lowest BCUT2D eigenvalue weighted by Gasteiger charge is -2.23. The van der Waals surface area contributed by atoms with Crippen molar-refractivity contribution in [1.82, 2.24) is 16.0 Å². The second kappa shape index (κ2) is 15.8. The Morgan fingerprint density at radius 2 is 1.33 bits per heavy atom. The molecule has 13 heteroatoms. The molecule has 11 nitrogen and oxygen atoms in total. The SMILES string of the molecule is CSCCC(N)C(=O)NC(CCC(=O)O)C(=O)NC(CCSC)C(=O)NCC(=O)O. The zero-order valence-electron chi connectivity index (χ0n) is 17.0. The van der Waals surface area contributed by atoms with E-state index in [1.54, 1.807) is 6.26 Å². The predicted molar refractivity (Wildman–Crippen MR) is 115 cm³/mol. The maximum absolute atomic E-state index is 12.7. The van der Waals surface area contributed by atoms with Crippen LogP contribution in [0.15, 0.2) is 0 Å². The van der Waals surface area contributed by atoms with Crippen LogP contribution in [0.4, 0.5) is 0 Å². The van der Waals surface area contributed by atoms with Crippen molar-refractivity contribution in [1.29, 1.82) is 0 Å². The second-order valence-corrected chi connectivity index (χ2v) is 8.31. The molecule has 0 aromatic carbocycles. The zero-order valence-corrected chi connectivity index (χ0v) is 18.6. The molecule has 0 aliphatic carbocycles. The van der Waals surface area contributed by atoms with Crippen LogP contribution < -0.4 is 21.7 Å². The standard InChI is InChI=1S/C17H30N4O7S2/c1-29-7-5-10(18)15(26)20-11(3-4-13(22)23)17(28)21-12(6-8-30-2)16(27)19-9-14(24)25/h10-12H,3-9,18H2,1-2H3,(H,19,27)(H,20,26)(H,21,28)(H,22,23)(H,24,25). The van der Waals surface area contributed by atoms with Gasteiger partial charge in [0.2, 0.25) is 17.7 Å². The molecule has 0 fully saturated rings. The molecule has 0 saturated carbocycles. The first-order chi connectivity index (χ1) is 14.1. The van der Waals surface area contributed by atoms with E-state index in [2.05, 4.69) is 16.0 Å². The Balaban J connectivity index is 5.20. The normalized spacial score (nSPS) is 13.6. The smallest absolute Gasteiger partial charge is 0.322 e. The van der Waals surface area contributed by atoms with Crippen LogP contribution in [0.2, 0.25) is 0 Å². The van der Waals surface area contributed by atoms with Crippen LogP contribution in [-0.4, -0.2) is 88.6 Å². The second-order valence-electron chi connectivity index (χ2n) is 6.34. The number of carbonyl (C=O) groups excluding carboxylic acids is 3. The number of hydrogen-bond acceptors (Lipinski definition) is 8. The Kier molecular flexibility index (Phi) is 14.7. The maximum Gasteiger partial charge on any atom is 0.322 e. The third-order valence-electron chi connectivity index (χ3n) is 3.91. The van der Waals surface area contributed by atoms with Crippen LogP contribution in [0, 0.1) is 0 Å². The van der Waals surface area contributed by atoms with Crippen LogP contribution in [0.3, 0.4) is 0 Å². The molecule has 0 saturated heterocycles. The minimum Gasteiger partial charge on any atom is -0.481 e. The Labute approximate surface area is 183 Å². The first-order valence-electron chi connectivity index (χ1n) is 9.17. The van der Waals surface area contributed by atoms with E-state index < -0.39 is 54.3 Å². The van der Waals surface area contributed by atoms with Crippen molar-refractivity contribution in [2.75, 3.05) is 30.6 Å². The number of nitrogens with two attached hydrogens (primary N) is 1. The molecule has 0 aliphatic rings. The van der Waals surface area contributed by atoms with Crippen molar-refractivity contribution in [2.24, 2.45) is 5.73 Å². The van der Waals surface area contributed by atoms with E-state index in [-0.39, 0.29) is 19.3 Å². The molecule has 0 heterocycles. The van der Waals surface area contributed by atoms with Gasteiger partial charge in [-0.25, -0.2) is 0 Å². The largest absolute Gasteiger partial charge is 0.481 e. The fourth-order valence-corrected chi connectivity index (χ4v) is 3.22. The molecule has 0 aromatic heterocycles. The summed E-state index contributed by atoms with van der Waals surface area (Å²) in [5.41, 5.74) is 5.79. The van der Waals surface area contributed by atoms with Crippen LogP contribution in [0.5, 0.6) is 0 Å². The number of nitrogens with one attached hydrogen (secondary N) is 3. The highest BCUT2D eigenvalue weighted by molar-refractivity contribution is 7.98. The molecule has 7 N–H and O–H groups in total. The molecule has 0 aliphatic heterocycles. The fraction of sp³-hybridized carbons (Fsp3) is 0.706. The number of amides is 3. The molecule has 30 heavy (non-hydrogen) atoms. The Morgan fingerprint density at radius 1 is 0.800 bits per heavy atom. The third kappa shape index (κ3) is 12.5. The van der Waals surface area contributed by atoms with Crippen molar-refractivity contribution in [3.63, 3.8) is 0 Å². The summed E-state index contributed by atoms with van der Waals surface area (Å²) in [6.07, 6.45) is 3.71. The molecule has 0 radical (unpaired) electrons. The highest BCUT2D eigenvalue weighted by Crippen LogP contribution is 2.05. The van der Waals surface area contributed by atoms with Gasteiger partial charge in [0, 0.05) is 6.42 Å². The summed E-state index contributed by atoms with van der Waals surface area (Å²) < 4.78 is 0. The van der Waals surface area contributed by atoms with Crippen molar-refractivity contribution in [3.05, 3.63) is 0 Å². The number of thioether (sulfide) groups is 2. The summed E-state index contributed by atoms with van der Waals surface area (Å²) in [5.74, 6) is -3.24. The van der Waals surface area contributed by atoms with Gasteiger partial charge in [-0.2, -0.15) is 23.5 Å². The minimum atomic E-state index is -1.23. The molecule has 172 valence electrons. The summed E-state index contributed by atoms with van der Waals surface area (Å²) in [4.78, 5) is 58.7. The van der Waals surface area contributed by atoms with Crippen molar-refractivity contribution >= 4 is 53.2 Å². The summed E-state index contributed by atoms with van der Waals surface area (Å²) in [5, 5.41) is 24.8. The fourth-order valence-electron chi connectivity index (χ4n) is 2.25. The van der Waals surface area contributed by atoms with Crippen LogP contribution >= 0.6 is 23.5 Å². The van der Waals surface area contributed by atoms with Gasteiger partial charge in [-0.15, -0.1) is 0 Å². The van der Waals surface area contributed by atoms with Gasteiger partial charge in [-0.3, -0.25) is 24.0 Å². The number of carboxylic acid groups (broad SMARTS) is 2. The first-order valence-corrected chi connectivity index (χ1v) is 12.0. The monoisotopic (exact) mass is 466 g/mol. The van der Waals surface area contributed by atoms with Crippen LogP contribution in [-0.2, 0) is 24.0 Å². The van der Waals surface area contributed by atoms with Crippen molar-refractivity contribution < 1.29 is 34.2 Å². The summed E-state index contributed by atoms with van der Waals surface area (Å²) in [6.45, 7) is -0.603. The van der Waals surface area contributed by atoms with Gasteiger partial charge in [0.05, 0.1) is 6.04 Å². The van der Waals surface area contributed by atoms with E-state index in [0.717, 1.165) is 0 Å². The van der Waals surface area contributed by atoms with E-state index in [0.29, 0.717) is 17.9 Å². The van der Waals surface area contributed by atoms with Gasteiger partial charge in [0.15, 0.2) is 0 Å². The third-order valence-corrected chi connectivity index (χ3v) is 5.19. The lowest BCUT2D eigenvalue weighted by atomic mass is 10.1. The van der Waals surface area contributed by atoms with E-state index in [1.165, 1.54) is 23.5 Å². The number of aliphatic carboxylic acids is 2. The van der Waals surface area contributed by atoms with E-state index in [9.17, 15) is 24.0 Å². The Hall–Kier alpha value is -1.99. The summed E-state index contributed by atoms with van der Waals surface area (Å²) >= 11 is 2.94. The number of carboxylic acids is 2. The van der Waals surface area contributed by atoms with E-state index >= 15 is 0 Å². The number of hydrogen-bond donors (Lipinski definition) is 6. The molecule has 3 atom stereocenters. The molecule has 3 unspecified atom stereocenters. The Morgan fingerprint density at radius 3 is 1.87 bits per heavy atom. The number of carbonyl (C=O) groups is 5. The molecule has 3 amide bonds. The molecular weight excluding hydrogens is 436 g/mol. The van der Waals surface area contributed by atoms with Gasteiger partial charge in [0.25, 0.3) is 0 Å². The number of rotatable bonds is 16. The topological polar surface area (TPSA) is 188 Å². The molecule has 0 rings (SSSR count). The van der Waals surface area contributed by atoms with Gasteiger partial charge < -0.3 is 31.9 Å². The lowest BCUT2D eigenvalue weighted by Crippen LogP contribution is -2.56. The maximum atomic E-state index is 12.7. The molecule has 0 aromatic rings. The lowest BCUT2D eigenvalue weighted by molar-refractivity contribution is -0.138. The average Bonchev–Trinajstić information content (AvgIpc) is 2.69. The zero-order chi connectivity index (χ0) is 23.1. The predicted octanol–water partition coefficient (Wildman–Crippen LogP) is -1.14. The minimum absolute atomic E-state index is 0.186. The highest BCUT2D eigenvalue weighted by Gasteiger charge is 2.28. The highest BCUT2D eigenvalue weighted by atomic mass is 32.2. The van der Waals surface area contributed by atoms with Gasteiger partial charge >= 0.3 is 11.9 Å². The van der Waals surface area contributed by atoms with Crippen molar-refractivity contribution in [3.8, 4) is 0 Å². The van der Waals surface area contributed by atoms with Gasteiger partial charge in [0.1, 0.15) is 18.6 Å². The summed E-state index contributed by atoms with van der Waals surface area (Å²) in [7, 11) is 0. The van der Waals surface area contributed by atoms with Crippen molar-refractivity contribution in [2.45, 2.75) is 43.8 Å². The Bertz CT molecular complexity index is 607. The quantitative estimate of drug-likeness (QED) is 0.162. The molecule has 0 spiro atoms. The van der Waals surface area contributed by atoms with E-state index in [1.807, 2.05) is 6.26 Å². The first kappa shape index (κ1) is 28.0. The van der Waals surface area contributed by atoms with Crippen LogP contribution in [0.25, 0.3) is 0 Å². The molecule has 0 bridgehead atoms. The van der Waals surface area contributed by atoms with Gasteiger partial charge in [-0.1, -0.05) is 0 Å². The van der Waals surface area contributed by atoms with Crippen LogP contribution in [0.1, 0.15) is 25.7 Å². The summed E-state index contributed by atoms with van der Waals surface area (Å²) in [6, 6.07) is -3.08.